The summed E-state index contributed by atoms with van der Waals surface area (Å²) in [6.45, 7) is 4.02. The summed E-state index contributed by atoms with van der Waals surface area (Å²) in [4.78, 5) is 16.8. The van der Waals surface area contributed by atoms with E-state index in [-0.39, 0.29) is 11.2 Å². The molecule has 2 nitrogen and oxygen atoms in total. The highest BCUT2D eigenvalue weighted by molar-refractivity contribution is 7.12. The Balaban J connectivity index is 2.49. The third-order valence-electron chi connectivity index (χ3n) is 2.45. The molecule has 1 aromatic heterocycles. The van der Waals surface area contributed by atoms with Gasteiger partial charge < -0.3 is 0 Å². The molecule has 12 heavy (non-hydrogen) atoms. The molecular weight excluding hydrogens is 170 g/mol. The van der Waals surface area contributed by atoms with Crippen LogP contribution >= 0.6 is 11.3 Å². The minimum atomic E-state index is -0.167. The molecule has 0 atom stereocenters. The van der Waals surface area contributed by atoms with Crippen molar-refractivity contribution in [1.82, 2.24) is 4.98 Å². The van der Waals surface area contributed by atoms with E-state index in [0.29, 0.717) is 0 Å². The minimum Gasteiger partial charge on any atom is -0.293 e. The highest BCUT2D eigenvalue weighted by Gasteiger charge is 2.35. The van der Waals surface area contributed by atoms with Crippen LogP contribution in [0.15, 0.2) is 5.51 Å². The summed E-state index contributed by atoms with van der Waals surface area (Å²) in [6, 6.07) is 0. The van der Waals surface area contributed by atoms with Crippen LogP contribution in [0.2, 0.25) is 0 Å². The Kier molecular flexibility index (Phi) is 1.58. The monoisotopic (exact) mass is 181 g/mol. The Morgan fingerprint density at radius 2 is 2.33 bits per heavy atom. The third kappa shape index (κ3) is 1.00. The maximum Gasteiger partial charge on any atom is 0.180 e. The van der Waals surface area contributed by atoms with Gasteiger partial charge in [-0.2, -0.15) is 0 Å². The van der Waals surface area contributed by atoms with Crippen LogP contribution in [0.3, 0.4) is 0 Å². The van der Waals surface area contributed by atoms with Gasteiger partial charge in [-0.3, -0.25) is 4.79 Å². The maximum absolute atomic E-state index is 11.8. The van der Waals surface area contributed by atoms with Crippen LogP contribution in [-0.4, -0.2) is 10.8 Å². The number of aromatic nitrogens is 1. The molecule has 1 heterocycles. The molecular formula is C9H11NOS. The second-order valence-corrected chi connectivity index (χ2v) is 4.70. The molecule has 0 N–H and O–H groups in total. The zero-order valence-electron chi connectivity index (χ0n) is 7.26. The van der Waals surface area contributed by atoms with Gasteiger partial charge in [-0.25, -0.2) is 4.98 Å². The summed E-state index contributed by atoms with van der Waals surface area (Å²) in [6.07, 6.45) is 1.89. The SMILES string of the molecule is CC1(C)CCc2ncsc2C1=O. The van der Waals surface area contributed by atoms with Gasteiger partial charge in [-0.05, 0) is 12.8 Å². The molecule has 0 spiro atoms. The molecule has 0 unspecified atom stereocenters. The fourth-order valence-electron chi connectivity index (χ4n) is 1.48. The molecule has 64 valence electrons. The van der Waals surface area contributed by atoms with Crippen molar-refractivity contribution in [3.63, 3.8) is 0 Å². The lowest BCUT2D eigenvalue weighted by molar-refractivity contribution is 0.0815. The van der Waals surface area contributed by atoms with Gasteiger partial charge in [-0.1, -0.05) is 13.8 Å². The van der Waals surface area contributed by atoms with E-state index in [1.165, 1.54) is 11.3 Å². The molecule has 3 heteroatoms. The zero-order chi connectivity index (χ0) is 8.77. The van der Waals surface area contributed by atoms with Crippen molar-refractivity contribution < 1.29 is 4.79 Å². The molecule has 0 amide bonds. The van der Waals surface area contributed by atoms with Crippen LogP contribution in [0.25, 0.3) is 0 Å². The number of fused-ring (bicyclic) bond motifs is 1. The summed E-state index contributed by atoms with van der Waals surface area (Å²) in [5, 5.41) is 0. The van der Waals surface area contributed by atoms with Gasteiger partial charge in [-0.15, -0.1) is 11.3 Å². The first kappa shape index (κ1) is 7.92. The molecule has 1 aliphatic rings. The number of Topliss-reactive ketones (excluding diaryl/α,β-unsaturated/α-hetero) is 1. The van der Waals surface area contributed by atoms with E-state index >= 15 is 0 Å². The molecule has 0 radical (unpaired) electrons. The van der Waals surface area contributed by atoms with Crippen molar-refractivity contribution in [2.45, 2.75) is 26.7 Å². The predicted octanol–water partition coefficient (Wildman–Crippen LogP) is 2.30. The maximum atomic E-state index is 11.8. The topological polar surface area (TPSA) is 30.0 Å². The quantitative estimate of drug-likeness (QED) is 0.614. The lowest BCUT2D eigenvalue weighted by atomic mass is 9.78. The number of thiazole rings is 1. The highest BCUT2D eigenvalue weighted by Crippen LogP contribution is 2.35. The number of carbonyl (C=O) groups is 1. The summed E-state index contributed by atoms with van der Waals surface area (Å²) < 4.78 is 0. The van der Waals surface area contributed by atoms with Crippen LogP contribution in [-0.2, 0) is 6.42 Å². The van der Waals surface area contributed by atoms with Crippen molar-refractivity contribution in [2.24, 2.45) is 5.41 Å². The number of ketones is 1. The van der Waals surface area contributed by atoms with Crippen LogP contribution in [0, 0.1) is 5.41 Å². The molecule has 2 rings (SSSR count). The van der Waals surface area contributed by atoms with Gasteiger partial charge in [0.15, 0.2) is 5.78 Å². The lowest BCUT2D eigenvalue weighted by Crippen LogP contribution is -2.29. The average Bonchev–Trinajstić information content (AvgIpc) is 2.45. The van der Waals surface area contributed by atoms with Gasteiger partial charge in [0.2, 0.25) is 0 Å². The first-order valence-electron chi connectivity index (χ1n) is 4.08. The summed E-state index contributed by atoms with van der Waals surface area (Å²) in [7, 11) is 0. The number of hydrogen-bond donors (Lipinski definition) is 0. The van der Waals surface area contributed by atoms with E-state index in [0.717, 1.165) is 23.4 Å². The number of hydrogen-bond acceptors (Lipinski definition) is 3. The van der Waals surface area contributed by atoms with E-state index in [4.69, 9.17) is 0 Å². The second kappa shape index (κ2) is 2.39. The molecule has 1 aromatic rings. The van der Waals surface area contributed by atoms with Crippen molar-refractivity contribution >= 4 is 17.1 Å². The fourth-order valence-corrected chi connectivity index (χ4v) is 2.44. The molecule has 0 fully saturated rings. The lowest BCUT2D eigenvalue weighted by Gasteiger charge is -2.26. The van der Waals surface area contributed by atoms with Crippen LogP contribution in [0.4, 0.5) is 0 Å². The number of carbonyl (C=O) groups excluding carboxylic acids is 1. The second-order valence-electron chi connectivity index (χ2n) is 3.84. The normalized spacial score (nSPS) is 20.7. The number of aryl methyl sites for hydroxylation is 1. The van der Waals surface area contributed by atoms with Crippen molar-refractivity contribution in [3.05, 3.63) is 16.1 Å². The highest BCUT2D eigenvalue weighted by atomic mass is 32.1. The van der Waals surface area contributed by atoms with Crippen molar-refractivity contribution in [1.29, 1.82) is 0 Å². The van der Waals surface area contributed by atoms with E-state index in [2.05, 4.69) is 4.98 Å². The molecule has 0 aromatic carbocycles. The Hall–Kier alpha value is -0.700. The molecule has 0 bridgehead atoms. The largest absolute Gasteiger partial charge is 0.293 e. The van der Waals surface area contributed by atoms with Crippen LogP contribution in [0.1, 0.15) is 35.6 Å². The molecule has 1 aliphatic carbocycles. The van der Waals surface area contributed by atoms with Crippen molar-refractivity contribution in [3.8, 4) is 0 Å². The van der Waals surface area contributed by atoms with Crippen LogP contribution in [0.5, 0.6) is 0 Å². The molecule has 0 aliphatic heterocycles. The van der Waals surface area contributed by atoms with Gasteiger partial charge in [0, 0.05) is 5.41 Å². The van der Waals surface area contributed by atoms with E-state index in [1.54, 1.807) is 5.51 Å². The van der Waals surface area contributed by atoms with Gasteiger partial charge in [0.1, 0.15) is 0 Å². The third-order valence-corrected chi connectivity index (χ3v) is 3.32. The van der Waals surface area contributed by atoms with Gasteiger partial charge in [0.05, 0.1) is 16.1 Å². The summed E-state index contributed by atoms with van der Waals surface area (Å²) in [5.74, 6) is 0.270. The van der Waals surface area contributed by atoms with Gasteiger partial charge >= 0.3 is 0 Å². The summed E-state index contributed by atoms with van der Waals surface area (Å²) in [5.41, 5.74) is 2.60. The zero-order valence-corrected chi connectivity index (χ0v) is 8.07. The first-order chi connectivity index (χ1) is 5.61. The average molecular weight is 181 g/mol. The van der Waals surface area contributed by atoms with Crippen molar-refractivity contribution in [2.75, 3.05) is 0 Å². The summed E-state index contributed by atoms with van der Waals surface area (Å²) >= 11 is 1.48. The van der Waals surface area contributed by atoms with E-state index in [1.807, 2.05) is 13.8 Å². The smallest absolute Gasteiger partial charge is 0.180 e. The Bertz CT molecular complexity index is 327. The number of nitrogens with zero attached hydrogens (tertiary/aromatic N) is 1. The van der Waals surface area contributed by atoms with E-state index in [9.17, 15) is 4.79 Å². The Morgan fingerprint density at radius 1 is 1.58 bits per heavy atom. The number of rotatable bonds is 0. The molecule has 0 saturated heterocycles. The predicted molar refractivity (Wildman–Crippen MR) is 48.5 cm³/mol. The molecule has 0 saturated carbocycles. The fraction of sp³-hybridized carbons (Fsp3) is 0.556. The van der Waals surface area contributed by atoms with E-state index < -0.39 is 0 Å². The minimum absolute atomic E-state index is 0.167. The van der Waals surface area contributed by atoms with Gasteiger partial charge in [0.25, 0.3) is 0 Å². The Morgan fingerprint density at radius 3 is 3.08 bits per heavy atom. The first-order valence-corrected chi connectivity index (χ1v) is 4.96. The van der Waals surface area contributed by atoms with Crippen LogP contribution < -0.4 is 0 Å². The standard InChI is InChI=1S/C9H11NOS/c1-9(2)4-3-6-7(8(9)11)12-5-10-6/h5H,3-4H2,1-2H3. The Labute approximate surface area is 75.6 Å².